The van der Waals surface area contributed by atoms with Crippen LogP contribution in [0.5, 0.6) is 0 Å². The van der Waals surface area contributed by atoms with Crippen LogP contribution in [-0.4, -0.2) is 52.5 Å². The molecule has 156 valence electrons. The normalized spacial score (nSPS) is 15.2. The minimum absolute atomic E-state index is 0.00776. The maximum Gasteiger partial charge on any atom is 0.241 e. The lowest BCUT2D eigenvalue weighted by Crippen LogP contribution is -2.58. The van der Waals surface area contributed by atoms with Crippen molar-refractivity contribution in [3.05, 3.63) is 59.4 Å². The van der Waals surface area contributed by atoms with Crippen molar-refractivity contribution in [3.63, 3.8) is 0 Å². The molecule has 7 nitrogen and oxygen atoms in total. The molecule has 3 rings (SSSR count). The Bertz CT molecular complexity index is 1140. The molecule has 1 fully saturated rings. The highest BCUT2D eigenvalue weighted by atomic mass is 32.2. The Morgan fingerprint density at radius 2 is 1.69 bits per heavy atom. The topological polar surface area (TPSA) is 101 Å². The van der Waals surface area contributed by atoms with Crippen molar-refractivity contribution in [1.29, 1.82) is 0 Å². The van der Waals surface area contributed by atoms with Crippen molar-refractivity contribution < 1.29 is 26.0 Å². The molecule has 1 saturated heterocycles. The van der Waals surface area contributed by atoms with Gasteiger partial charge in [0.25, 0.3) is 0 Å². The van der Waals surface area contributed by atoms with E-state index < -0.39 is 43.4 Å². The van der Waals surface area contributed by atoms with E-state index in [4.69, 9.17) is 0 Å². The number of hydrogen-bond acceptors (Lipinski definition) is 5. The quantitative estimate of drug-likeness (QED) is 0.685. The number of hydrogen-bond donors (Lipinski definition) is 1. The molecule has 1 heterocycles. The van der Waals surface area contributed by atoms with E-state index >= 15 is 0 Å². The average molecular weight is 441 g/mol. The fraction of sp³-hybridized carbons (Fsp3) is 0.316. The molecule has 2 aromatic carbocycles. The van der Waals surface area contributed by atoms with Crippen molar-refractivity contribution >= 4 is 25.8 Å². The van der Waals surface area contributed by atoms with Gasteiger partial charge in [0.2, 0.25) is 15.9 Å². The Morgan fingerprint density at radius 1 is 1.07 bits per heavy atom. The first-order valence-electron chi connectivity index (χ1n) is 8.85. The third-order valence-corrected chi connectivity index (χ3v) is 8.48. The zero-order chi connectivity index (χ0) is 21.4. The van der Waals surface area contributed by atoms with Crippen LogP contribution in [0.2, 0.25) is 0 Å². The second kappa shape index (κ2) is 7.85. The molecule has 10 heteroatoms. The van der Waals surface area contributed by atoms with Crippen molar-refractivity contribution in [3.8, 4) is 0 Å². The van der Waals surface area contributed by atoms with E-state index in [1.165, 1.54) is 23.1 Å². The minimum Gasteiger partial charge on any atom is -0.339 e. The summed E-state index contributed by atoms with van der Waals surface area (Å²) in [5.74, 6) is -1.05. The van der Waals surface area contributed by atoms with Crippen LogP contribution in [0.4, 0.5) is 4.39 Å². The van der Waals surface area contributed by atoms with Crippen LogP contribution < -0.4 is 4.72 Å². The highest BCUT2D eigenvalue weighted by molar-refractivity contribution is 7.92. The highest BCUT2D eigenvalue weighted by Crippen LogP contribution is 2.24. The lowest BCUT2D eigenvalue weighted by molar-refractivity contribution is -0.133. The van der Waals surface area contributed by atoms with Gasteiger partial charge in [-0.3, -0.25) is 4.79 Å². The number of nitrogens with zero attached hydrogens (tertiary/aromatic N) is 1. The van der Waals surface area contributed by atoms with Crippen LogP contribution in [0, 0.1) is 19.7 Å². The fourth-order valence-corrected chi connectivity index (χ4v) is 5.95. The number of sulfonamides is 1. The zero-order valence-corrected chi connectivity index (χ0v) is 17.6. The molecule has 0 aliphatic carbocycles. The van der Waals surface area contributed by atoms with Gasteiger partial charge in [-0.05, 0) is 55.3 Å². The van der Waals surface area contributed by atoms with Gasteiger partial charge in [0.1, 0.15) is 11.1 Å². The van der Waals surface area contributed by atoms with Gasteiger partial charge in [-0.1, -0.05) is 12.1 Å². The number of likely N-dealkylation sites (tertiary alicyclic amines) is 1. The number of sulfone groups is 1. The first kappa shape index (κ1) is 21.4. The van der Waals surface area contributed by atoms with Gasteiger partial charge < -0.3 is 4.90 Å². The summed E-state index contributed by atoms with van der Waals surface area (Å²) in [4.78, 5) is 13.6. The molecule has 0 aromatic heterocycles. The van der Waals surface area contributed by atoms with Gasteiger partial charge in [0, 0.05) is 13.1 Å². The number of halogens is 1. The number of nitrogens with one attached hydrogen (secondary N) is 1. The van der Waals surface area contributed by atoms with Gasteiger partial charge in [-0.2, -0.15) is 0 Å². The minimum atomic E-state index is -3.87. The highest BCUT2D eigenvalue weighted by Gasteiger charge is 2.40. The third kappa shape index (κ3) is 4.49. The van der Waals surface area contributed by atoms with Crippen LogP contribution in [0.15, 0.2) is 52.3 Å². The van der Waals surface area contributed by atoms with Gasteiger partial charge >= 0.3 is 0 Å². The summed E-state index contributed by atoms with van der Waals surface area (Å²) in [6.45, 7) is 2.90. The zero-order valence-electron chi connectivity index (χ0n) is 15.9. The molecule has 1 aliphatic heterocycles. The van der Waals surface area contributed by atoms with E-state index in [1.54, 1.807) is 26.0 Å². The largest absolute Gasteiger partial charge is 0.339 e. The molecule has 0 bridgehead atoms. The van der Waals surface area contributed by atoms with Crippen LogP contribution in [0.1, 0.15) is 11.1 Å². The van der Waals surface area contributed by atoms with Gasteiger partial charge in [0.15, 0.2) is 9.84 Å². The Hall–Kier alpha value is -2.30. The molecule has 0 radical (unpaired) electrons. The van der Waals surface area contributed by atoms with Gasteiger partial charge in [-0.25, -0.2) is 25.9 Å². The van der Waals surface area contributed by atoms with Gasteiger partial charge in [-0.15, -0.1) is 0 Å². The van der Waals surface area contributed by atoms with Crippen molar-refractivity contribution in [1.82, 2.24) is 9.62 Å². The first-order chi connectivity index (χ1) is 13.5. The number of benzene rings is 2. The maximum atomic E-state index is 13.0. The lowest BCUT2D eigenvalue weighted by atomic mass is 10.2. The SMILES string of the molecule is Cc1ccc(C)c(S(=O)(=O)NCC(=O)N2CC(S(=O)(=O)c3ccc(F)cc3)C2)c1. The number of aryl methyl sites for hydroxylation is 2. The predicted octanol–water partition coefficient (Wildman–Crippen LogP) is 1.41. The lowest BCUT2D eigenvalue weighted by Gasteiger charge is -2.38. The summed E-state index contributed by atoms with van der Waals surface area (Å²) in [7, 11) is -7.55. The van der Waals surface area contributed by atoms with E-state index in [2.05, 4.69) is 4.72 Å². The molecule has 0 atom stereocenters. The number of rotatable bonds is 6. The summed E-state index contributed by atoms with van der Waals surface area (Å²) in [6, 6.07) is 9.51. The number of carbonyl (C=O) groups excluding carboxylic acids is 1. The molecule has 1 aliphatic rings. The van der Waals surface area contributed by atoms with Crippen molar-refractivity contribution in [2.24, 2.45) is 0 Å². The molecule has 2 aromatic rings. The molecule has 0 unspecified atom stereocenters. The molecule has 1 N–H and O–H groups in total. The van der Waals surface area contributed by atoms with E-state index in [9.17, 15) is 26.0 Å². The maximum absolute atomic E-state index is 13.0. The van der Waals surface area contributed by atoms with Crippen LogP contribution in [0.3, 0.4) is 0 Å². The first-order valence-corrected chi connectivity index (χ1v) is 11.9. The van der Waals surface area contributed by atoms with Crippen LogP contribution in [0.25, 0.3) is 0 Å². The summed E-state index contributed by atoms with van der Waals surface area (Å²) < 4.78 is 65.2. The molecular formula is C19H21FN2O5S2. The third-order valence-electron chi connectivity index (χ3n) is 4.83. The average Bonchev–Trinajstić information content (AvgIpc) is 2.61. The smallest absolute Gasteiger partial charge is 0.241 e. The second-order valence-electron chi connectivity index (χ2n) is 7.01. The second-order valence-corrected chi connectivity index (χ2v) is 11.0. The number of amides is 1. The van der Waals surface area contributed by atoms with Gasteiger partial charge in [0.05, 0.1) is 16.3 Å². The van der Waals surface area contributed by atoms with E-state index in [0.717, 1.165) is 17.7 Å². The summed E-state index contributed by atoms with van der Waals surface area (Å²) in [5, 5.41) is -0.799. The molecule has 0 spiro atoms. The monoisotopic (exact) mass is 440 g/mol. The molecular weight excluding hydrogens is 419 g/mol. The van der Waals surface area contributed by atoms with E-state index in [0.29, 0.717) is 5.56 Å². The molecule has 29 heavy (non-hydrogen) atoms. The van der Waals surface area contributed by atoms with Crippen molar-refractivity contribution in [2.75, 3.05) is 19.6 Å². The summed E-state index contributed by atoms with van der Waals surface area (Å²) in [5.41, 5.74) is 1.34. The Morgan fingerprint density at radius 3 is 2.31 bits per heavy atom. The summed E-state index contributed by atoms with van der Waals surface area (Å²) >= 11 is 0. The Balaban J connectivity index is 1.60. The standard InChI is InChI=1S/C19H21FN2O5S2/c1-13-3-4-14(2)18(9-13)29(26,27)21-10-19(23)22-11-17(12-22)28(24,25)16-7-5-15(20)6-8-16/h3-9,17,21H,10-12H2,1-2H3. The van der Waals surface area contributed by atoms with Crippen molar-refractivity contribution in [2.45, 2.75) is 28.9 Å². The molecule has 1 amide bonds. The Labute approximate surface area is 169 Å². The molecule has 0 saturated carbocycles. The van der Waals surface area contributed by atoms with Crippen LogP contribution in [-0.2, 0) is 24.7 Å². The predicted molar refractivity (Wildman–Crippen MR) is 105 cm³/mol. The fourth-order valence-electron chi connectivity index (χ4n) is 3.00. The Kier molecular flexibility index (Phi) is 5.79. The number of carbonyl (C=O) groups is 1. The summed E-state index contributed by atoms with van der Waals surface area (Å²) in [6.07, 6.45) is 0. The van der Waals surface area contributed by atoms with E-state index in [-0.39, 0.29) is 22.9 Å². The van der Waals surface area contributed by atoms with E-state index in [1.807, 2.05) is 0 Å². The van der Waals surface area contributed by atoms with Crippen LogP contribution >= 0.6 is 0 Å².